The molecule has 0 aliphatic rings. The lowest BCUT2D eigenvalue weighted by atomic mass is 10.0. The molecule has 1 amide bonds. The number of hydrogen-bond donors (Lipinski definition) is 2. The maximum absolute atomic E-state index is 12.7. The van der Waals surface area contributed by atoms with Crippen molar-refractivity contribution in [1.82, 2.24) is 5.32 Å². The third kappa shape index (κ3) is 5.39. The minimum atomic E-state index is -3.38. The van der Waals surface area contributed by atoms with E-state index in [1.54, 1.807) is 45.4 Å². The molecule has 0 radical (unpaired) electrons. The van der Waals surface area contributed by atoms with Gasteiger partial charge >= 0.3 is 0 Å². The summed E-state index contributed by atoms with van der Waals surface area (Å²) in [6.07, 6.45) is 1.77. The van der Waals surface area contributed by atoms with Crippen molar-refractivity contribution in [3.63, 3.8) is 0 Å². The quantitative estimate of drug-likeness (QED) is 0.702. The van der Waals surface area contributed by atoms with E-state index in [9.17, 15) is 13.2 Å². The average molecular weight is 407 g/mol. The van der Waals surface area contributed by atoms with E-state index >= 15 is 0 Å². The number of amides is 1. The van der Waals surface area contributed by atoms with Gasteiger partial charge in [0.15, 0.2) is 11.5 Å². The molecule has 1 atom stereocenters. The van der Waals surface area contributed by atoms with E-state index in [1.807, 2.05) is 19.1 Å². The third-order valence-electron chi connectivity index (χ3n) is 4.31. The molecule has 0 aliphatic carbocycles. The standard InChI is InChI=1S/C20H26N2O5S/c1-6-16(14-8-10-18(26-3)19(12-14)27-4)21-20(23)15-7-9-17(13(2)11-15)22-28(5,24)25/h7-12,16,22H,6H2,1-5H3,(H,21,23)/t16-/m0/s1. The molecule has 152 valence electrons. The van der Waals surface area contributed by atoms with Gasteiger partial charge < -0.3 is 14.8 Å². The Labute approximate surface area is 166 Å². The first-order valence-electron chi connectivity index (χ1n) is 8.79. The Kier molecular flexibility index (Phi) is 6.90. The van der Waals surface area contributed by atoms with Gasteiger partial charge in [-0.3, -0.25) is 9.52 Å². The SMILES string of the molecule is CC[C@H](NC(=O)c1ccc(NS(C)(=O)=O)c(C)c1)c1ccc(OC)c(OC)c1. The summed E-state index contributed by atoms with van der Waals surface area (Å²) in [5.41, 5.74) is 2.47. The lowest BCUT2D eigenvalue weighted by Crippen LogP contribution is -2.28. The van der Waals surface area contributed by atoms with Gasteiger partial charge in [-0.15, -0.1) is 0 Å². The highest BCUT2D eigenvalue weighted by Crippen LogP contribution is 2.31. The maximum atomic E-state index is 12.7. The van der Waals surface area contributed by atoms with E-state index in [4.69, 9.17) is 9.47 Å². The van der Waals surface area contributed by atoms with Crippen LogP contribution in [0.2, 0.25) is 0 Å². The Morgan fingerprint density at radius 1 is 1.07 bits per heavy atom. The number of rotatable bonds is 8. The van der Waals surface area contributed by atoms with E-state index < -0.39 is 10.0 Å². The first kappa shape index (κ1) is 21.6. The summed E-state index contributed by atoms with van der Waals surface area (Å²) in [5.74, 6) is 0.979. The lowest BCUT2D eigenvalue weighted by molar-refractivity contribution is 0.0935. The molecule has 7 nitrogen and oxygen atoms in total. The average Bonchev–Trinajstić information content (AvgIpc) is 2.65. The molecule has 2 rings (SSSR count). The van der Waals surface area contributed by atoms with E-state index in [1.165, 1.54) is 0 Å². The van der Waals surface area contributed by atoms with E-state index in [0.29, 0.717) is 34.7 Å². The third-order valence-corrected chi connectivity index (χ3v) is 4.90. The Balaban J connectivity index is 2.21. The molecule has 0 saturated heterocycles. The van der Waals surface area contributed by atoms with Gasteiger partial charge in [0.05, 0.1) is 32.2 Å². The normalized spacial score (nSPS) is 12.2. The van der Waals surface area contributed by atoms with Crippen LogP contribution in [0.25, 0.3) is 0 Å². The number of ether oxygens (including phenoxy) is 2. The van der Waals surface area contributed by atoms with Crippen LogP contribution in [0.1, 0.15) is 40.9 Å². The van der Waals surface area contributed by atoms with Gasteiger partial charge in [0, 0.05) is 5.56 Å². The molecule has 8 heteroatoms. The predicted molar refractivity (Wildman–Crippen MR) is 110 cm³/mol. The maximum Gasteiger partial charge on any atom is 0.251 e. The van der Waals surface area contributed by atoms with Crippen LogP contribution in [-0.4, -0.2) is 34.8 Å². The topological polar surface area (TPSA) is 93.7 Å². The van der Waals surface area contributed by atoms with Crippen LogP contribution in [0.5, 0.6) is 11.5 Å². The Morgan fingerprint density at radius 2 is 1.75 bits per heavy atom. The number of methoxy groups -OCH3 is 2. The van der Waals surface area contributed by atoms with Gasteiger partial charge in [0.2, 0.25) is 10.0 Å². The number of hydrogen-bond acceptors (Lipinski definition) is 5. The van der Waals surface area contributed by atoms with Gasteiger partial charge in [0.25, 0.3) is 5.91 Å². The van der Waals surface area contributed by atoms with Crippen molar-refractivity contribution in [2.75, 3.05) is 25.2 Å². The highest BCUT2D eigenvalue weighted by atomic mass is 32.2. The molecule has 0 spiro atoms. The zero-order valence-electron chi connectivity index (χ0n) is 16.7. The summed E-state index contributed by atoms with van der Waals surface area (Å²) < 4.78 is 35.8. The molecule has 2 aromatic rings. The number of sulfonamides is 1. The first-order chi connectivity index (χ1) is 13.2. The molecule has 0 heterocycles. The Hall–Kier alpha value is -2.74. The van der Waals surface area contributed by atoms with Crippen LogP contribution in [-0.2, 0) is 10.0 Å². The Morgan fingerprint density at radius 3 is 2.29 bits per heavy atom. The lowest BCUT2D eigenvalue weighted by Gasteiger charge is -2.19. The number of benzene rings is 2. The molecule has 0 aromatic heterocycles. The number of carbonyl (C=O) groups is 1. The van der Waals surface area contributed by atoms with Crippen LogP contribution in [0, 0.1) is 6.92 Å². The van der Waals surface area contributed by atoms with Crippen LogP contribution in [0.15, 0.2) is 36.4 Å². The van der Waals surface area contributed by atoms with Crippen molar-refractivity contribution in [1.29, 1.82) is 0 Å². The predicted octanol–water partition coefficient (Wildman–Crippen LogP) is 3.26. The number of nitrogens with one attached hydrogen (secondary N) is 2. The number of anilines is 1. The van der Waals surface area contributed by atoms with Crippen LogP contribution in [0.4, 0.5) is 5.69 Å². The Bertz CT molecular complexity index is 957. The second-order valence-corrected chi connectivity index (χ2v) is 8.20. The summed E-state index contributed by atoms with van der Waals surface area (Å²) in [6.45, 7) is 3.72. The highest BCUT2D eigenvalue weighted by Gasteiger charge is 2.17. The molecule has 0 unspecified atom stereocenters. The summed E-state index contributed by atoms with van der Waals surface area (Å²) in [6, 6.07) is 10.2. The zero-order valence-corrected chi connectivity index (χ0v) is 17.5. The van der Waals surface area contributed by atoms with Crippen molar-refractivity contribution >= 4 is 21.6 Å². The van der Waals surface area contributed by atoms with E-state index in [0.717, 1.165) is 11.8 Å². The fraction of sp³-hybridized carbons (Fsp3) is 0.350. The molecule has 2 N–H and O–H groups in total. The van der Waals surface area contributed by atoms with Gasteiger partial charge in [0.1, 0.15) is 0 Å². The smallest absolute Gasteiger partial charge is 0.251 e. The van der Waals surface area contributed by atoms with Crippen molar-refractivity contribution in [2.45, 2.75) is 26.3 Å². The monoisotopic (exact) mass is 406 g/mol. The first-order valence-corrected chi connectivity index (χ1v) is 10.7. The largest absolute Gasteiger partial charge is 0.493 e. The van der Waals surface area contributed by atoms with Gasteiger partial charge in [-0.2, -0.15) is 0 Å². The van der Waals surface area contributed by atoms with Crippen molar-refractivity contribution in [2.24, 2.45) is 0 Å². The molecule has 0 bridgehead atoms. The van der Waals surface area contributed by atoms with Crippen LogP contribution >= 0.6 is 0 Å². The number of carbonyl (C=O) groups excluding carboxylic acids is 1. The van der Waals surface area contributed by atoms with Crippen molar-refractivity contribution in [3.05, 3.63) is 53.1 Å². The fourth-order valence-corrected chi connectivity index (χ4v) is 3.48. The molecule has 0 fully saturated rings. The fourth-order valence-electron chi connectivity index (χ4n) is 2.85. The summed E-state index contributed by atoms with van der Waals surface area (Å²) in [4.78, 5) is 12.7. The van der Waals surface area contributed by atoms with Crippen molar-refractivity contribution < 1.29 is 22.7 Å². The summed E-state index contributed by atoms with van der Waals surface area (Å²) in [5, 5.41) is 3.01. The molecule has 28 heavy (non-hydrogen) atoms. The van der Waals surface area contributed by atoms with E-state index in [-0.39, 0.29) is 11.9 Å². The number of aryl methyl sites for hydroxylation is 1. The van der Waals surface area contributed by atoms with Crippen LogP contribution in [0.3, 0.4) is 0 Å². The van der Waals surface area contributed by atoms with E-state index in [2.05, 4.69) is 10.0 Å². The minimum absolute atomic E-state index is 0.207. The van der Waals surface area contributed by atoms with Gasteiger partial charge in [-0.25, -0.2) is 8.42 Å². The molecule has 0 saturated carbocycles. The van der Waals surface area contributed by atoms with Gasteiger partial charge in [-0.1, -0.05) is 13.0 Å². The van der Waals surface area contributed by atoms with Crippen molar-refractivity contribution in [3.8, 4) is 11.5 Å². The van der Waals surface area contributed by atoms with Gasteiger partial charge in [-0.05, 0) is 54.8 Å². The highest BCUT2D eigenvalue weighted by molar-refractivity contribution is 7.92. The second kappa shape index (κ2) is 8.97. The zero-order chi connectivity index (χ0) is 20.9. The molecule has 0 aliphatic heterocycles. The summed E-state index contributed by atoms with van der Waals surface area (Å²) in [7, 11) is -0.241. The molecular formula is C20H26N2O5S. The van der Waals surface area contributed by atoms with Crippen LogP contribution < -0.4 is 19.5 Å². The second-order valence-electron chi connectivity index (χ2n) is 6.45. The molecule has 2 aromatic carbocycles. The minimum Gasteiger partial charge on any atom is -0.493 e. The molecular weight excluding hydrogens is 380 g/mol. The summed E-state index contributed by atoms with van der Waals surface area (Å²) >= 11 is 0.